The van der Waals surface area contributed by atoms with Gasteiger partial charge < -0.3 is 0 Å². The molecule has 4 aromatic heterocycles. The first-order valence-corrected chi connectivity index (χ1v) is 15.1. The number of nitrogens with one attached hydrogen (secondary N) is 3. The fourth-order valence-corrected chi connectivity index (χ4v) is 7.15. The number of carbonyl (C=O) groups is 1. The van der Waals surface area contributed by atoms with E-state index in [0.717, 1.165) is 42.1 Å². The number of amides is 1. The molecule has 190 valence electrons. The number of aromatic amines is 1. The van der Waals surface area contributed by atoms with E-state index in [1.54, 1.807) is 0 Å². The zero-order valence-corrected chi connectivity index (χ0v) is 22.8. The number of fused-ring (bicyclic) bond motifs is 5. The van der Waals surface area contributed by atoms with Crippen LogP contribution in [-0.4, -0.2) is 41.0 Å². The number of anilines is 1. The van der Waals surface area contributed by atoms with E-state index in [2.05, 4.69) is 39.8 Å². The predicted octanol–water partition coefficient (Wildman–Crippen LogP) is 1.45. The van der Waals surface area contributed by atoms with Gasteiger partial charge in [0.15, 0.2) is 0 Å². The van der Waals surface area contributed by atoms with E-state index in [0.29, 0.717) is 44.1 Å². The monoisotopic (exact) mass is 622 g/mol. The third-order valence-corrected chi connectivity index (χ3v) is 9.41. The van der Waals surface area contributed by atoms with Crippen LogP contribution in [-0.2, 0) is 7.96 Å². The quantitative estimate of drug-likeness (QED) is 0.162. The molecule has 0 spiro atoms. The minimum absolute atomic E-state index is 0.0424. The average molecular weight is 622 g/mol. The summed E-state index contributed by atoms with van der Waals surface area (Å²) in [6.45, 7) is 4.19. The molecule has 3 saturated carbocycles. The number of aromatic nitrogens is 5. The van der Waals surface area contributed by atoms with E-state index in [1.807, 2.05) is 11.4 Å². The zero-order valence-electron chi connectivity index (χ0n) is 19.8. The molecule has 0 saturated heterocycles. The number of nitrogens with zero attached hydrogens (tertiary/aromatic N) is 4. The van der Waals surface area contributed by atoms with Crippen LogP contribution in [0.15, 0.2) is 23.7 Å². The van der Waals surface area contributed by atoms with Gasteiger partial charge in [-0.2, -0.15) is 0 Å². The van der Waals surface area contributed by atoms with E-state index >= 15 is 0 Å². The number of carbonyl (C=O) groups excluding carboxylic acids is 1. The molecule has 7 rings (SSSR count). The van der Waals surface area contributed by atoms with Gasteiger partial charge in [-0.3, -0.25) is 0 Å². The summed E-state index contributed by atoms with van der Waals surface area (Å²) >= 11 is 0.973. The number of hydrogen-bond acceptors (Lipinski definition) is 8. The van der Waals surface area contributed by atoms with Gasteiger partial charge in [0, 0.05) is 0 Å². The van der Waals surface area contributed by atoms with E-state index in [-0.39, 0.29) is 17.9 Å². The normalized spacial score (nSPS) is 23.7. The molecule has 9 nitrogen and oxygen atoms in total. The van der Waals surface area contributed by atoms with Crippen molar-refractivity contribution in [2.75, 3.05) is 5.32 Å². The standard InChI is InChI=1S/C24H26FIN7O2S/c1-11(2)26-35-33-23(34)17-12-3-5-13(6-4-12)18(17)28-21-15-7-8-36-24(15)30-22(29-21)19-16-9-14(25)10-27-20(16)32-31-19/h7-13,17-18H,3-6H2,1-2H3,(H,33,34)(H,27,31,32)(H,28,29,30)/q-1/t12?,13?,17-,18-/m0/s1. The molecule has 2 atom stereocenters. The first-order chi connectivity index (χ1) is 17.5. The Morgan fingerprint density at radius 1 is 1.22 bits per heavy atom. The van der Waals surface area contributed by atoms with Crippen LogP contribution in [0.2, 0.25) is 0 Å². The van der Waals surface area contributed by atoms with Gasteiger partial charge in [0.1, 0.15) is 5.82 Å². The molecule has 12 heteroatoms. The number of hydrogen-bond donors (Lipinski definition) is 3. The Labute approximate surface area is 221 Å². The maximum absolute atomic E-state index is 13.9. The zero-order chi connectivity index (χ0) is 24.8. The van der Waals surface area contributed by atoms with Crippen LogP contribution in [0.1, 0.15) is 39.5 Å². The van der Waals surface area contributed by atoms with Crippen LogP contribution in [0.3, 0.4) is 0 Å². The second kappa shape index (κ2) is 9.78. The molecule has 36 heavy (non-hydrogen) atoms. The van der Waals surface area contributed by atoms with Crippen molar-refractivity contribution in [3.63, 3.8) is 0 Å². The van der Waals surface area contributed by atoms with E-state index in [9.17, 15) is 9.18 Å². The Balaban J connectivity index is 1.35. The van der Waals surface area contributed by atoms with Crippen LogP contribution in [0, 0.1) is 23.6 Å². The van der Waals surface area contributed by atoms with Crippen LogP contribution in [0.25, 0.3) is 32.8 Å². The molecule has 4 heterocycles. The molecular weight excluding hydrogens is 596 g/mol. The molecule has 0 aliphatic heterocycles. The first kappa shape index (κ1) is 23.9. The second-order valence-corrected chi connectivity index (χ2v) is 14.0. The summed E-state index contributed by atoms with van der Waals surface area (Å²) in [6, 6.07) is 3.32. The SMILES string of the molecule is CC(C)[I-]ONC(=O)[C@H]1C2CCC(CC2)[C@@H]1Nc1nc(-c2[nH]nc3ncc(F)cc23)nc2sccc12. The number of hydroxylamine groups is 1. The van der Waals surface area contributed by atoms with Crippen LogP contribution in [0.5, 0.6) is 0 Å². The number of alkyl halides is 1. The van der Waals surface area contributed by atoms with E-state index < -0.39 is 27.4 Å². The third-order valence-electron chi connectivity index (χ3n) is 7.11. The molecule has 3 aliphatic carbocycles. The van der Waals surface area contributed by atoms with Crippen LogP contribution in [0.4, 0.5) is 10.2 Å². The summed E-state index contributed by atoms with van der Waals surface area (Å²) < 4.78 is 20.0. The van der Waals surface area contributed by atoms with E-state index in [1.165, 1.54) is 17.4 Å². The topological polar surface area (TPSA) is 118 Å². The number of H-pyrrole nitrogens is 1. The Morgan fingerprint density at radius 3 is 2.83 bits per heavy atom. The minimum atomic E-state index is -0.536. The molecular formula is C24H26FIN7O2S-. The van der Waals surface area contributed by atoms with Crippen molar-refractivity contribution in [2.45, 2.75) is 49.5 Å². The molecule has 0 radical (unpaired) electrons. The summed E-state index contributed by atoms with van der Waals surface area (Å²) in [5.41, 5.74) is 3.68. The number of pyridine rings is 1. The fraction of sp³-hybridized carbons (Fsp3) is 0.458. The Morgan fingerprint density at radius 2 is 2.03 bits per heavy atom. The summed E-state index contributed by atoms with van der Waals surface area (Å²) in [5, 5.41) is 14.2. The average Bonchev–Trinajstić information content (AvgIpc) is 3.51. The molecule has 4 aromatic rings. The second-order valence-electron chi connectivity index (χ2n) is 9.68. The number of thiophene rings is 1. The molecule has 3 aliphatic rings. The molecule has 3 fully saturated rings. The molecule has 3 N–H and O–H groups in total. The number of halogens is 2. The maximum atomic E-state index is 13.9. The summed E-state index contributed by atoms with van der Waals surface area (Å²) in [5.74, 6) is 1.10. The first-order valence-electron chi connectivity index (χ1n) is 12.1. The van der Waals surface area contributed by atoms with Gasteiger partial charge in [0.25, 0.3) is 0 Å². The molecule has 0 aromatic carbocycles. The Bertz CT molecular complexity index is 1420. The summed E-state index contributed by atoms with van der Waals surface area (Å²) in [4.78, 5) is 27.7. The van der Waals surface area contributed by atoms with Gasteiger partial charge in [-0.1, -0.05) is 0 Å². The van der Waals surface area contributed by atoms with Gasteiger partial charge >= 0.3 is 201 Å². The van der Waals surface area contributed by atoms with Crippen molar-refractivity contribution < 1.29 is 34.0 Å². The van der Waals surface area contributed by atoms with Crippen molar-refractivity contribution in [2.24, 2.45) is 17.8 Å². The Hall–Kier alpha value is -2.45. The third kappa shape index (κ3) is 4.43. The van der Waals surface area contributed by atoms with Crippen LogP contribution < -0.4 is 32.4 Å². The van der Waals surface area contributed by atoms with Gasteiger partial charge in [0.2, 0.25) is 0 Å². The fourth-order valence-electron chi connectivity index (χ4n) is 5.53. The molecule has 1 amide bonds. The number of rotatable bonds is 7. The van der Waals surface area contributed by atoms with Crippen molar-refractivity contribution in [3.05, 3.63) is 29.5 Å². The van der Waals surface area contributed by atoms with Crippen molar-refractivity contribution in [3.8, 4) is 11.5 Å². The molecule has 0 unspecified atom stereocenters. The molecule has 2 bridgehead atoms. The van der Waals surface area contributed by atoms with Crippen molar-refractivity contribution in [1.29, 1.82) is 0 Å². The van der Waals surface area contributed by atoms with Crippen molar-refractivity contribution >= 4 is 44.3 Å². The van der Waals surface area contributed by atoms with Gasteiger partial charge in [-0.05, 0) is 0 Å². The van der Waals surface area contributed by atoms with Gasteiger partial charge in [-0.25, -0.2) is 9.37 Å². The van der Waals surface area contributed by atoms with Crippen molar-refractivity contribution in [1.82, 2.24) is 30.6 Å². The van der Waals surface area contributed by atoms with E-state index in [4.69, 9.17) is 13.1 Å². The van der Waals surface area contributed by atoms with Gasteiger partial charge in [-0.15, -0.1) is 0 Å². The summed E-state index contributed by atoms with van der Waals surface area (Å²) in [7, 11) is 0. The predicted molar refractivity (Wildman–Crippen MR) is 131 cm³/mol. The Kier molecular flexibility index (Phi) is 6.50. The van der Waals surface area contributed by atoms with Crippen LogP contribution >= 0.6 is 11.3 Å². The van der Waals surface area contributed by atoms with Gasteiger partial charge in [0.05, 0.1) is 6.20 Å². The summed E-state index contributed by atoms with van der Waals surface area (Å²) in [6.07, 6.45) is 5.43.